The van der Waals surface area contributed by atoms with Gasteiger partial charge in [0.25, 0.3) is 5.56 Å². The molecule has 160 valence electrons. The highest BCUT2D eigenvalue weighted by Gasteiger charge is 2.26. The minimum Gasteiger partial charge on any atom is -0.340 e. The molecule has 0 radical (unpaired) electrons. The summed E-state index contributed by atoms with van der Waals surface area (Å²) in [6.07, 6.45) is 1.46. The highest BCUT2D eigenvalue weighted by atomic mass is 32.2. The van der Waals surface area contributed by atoms with E-state index in [9.17, 15) is 22.4 Å². The lowest BCUT2D eigenvalue weighted by atomic mass is 10.1. The maximum Gasteiger partial charge on any atom is 0.276 e. The van der Waals surface area contributed by atoms with Gasteiger partial charge in [0.05, 0.1) is 17.2 Å². The zero-order valence-electron chi connectivity index (χ0n) is 16.7. The van der Waals surface area contributed by atoms with Gasteiger partial charge in [0.1, 0.15) is 5.82 Å². The van der Waals surface area contributed by atoms with Crippen molar-refractivity contribution < 1.29 is 17.6 Å². The standard InChI is InChI=1S/C19H22FN5O4S/c1-12-13(6-7-16(26)23-8-10-24(11-9-23)30(2,28)29)19(27)25-18(21-12)17-14(20)4-3-5-15(17)22-25/h3-5,22H,6-11H2,1-2H3. The minimum atomic E-state index is -3.26. The Balaban J connectivity index is 1.53. The Kier molecular flexibility index (Phi) is 5.10. The van der Waals surface area contributed by atoms with Gasteiger partial charge in [0, 0.05) is 43.9 Å². The number of rotatable bonds is 4. The number of hydrogen-bond acceptors (Lipinski definition) is 5. The highest BCUT2D eigenvalue weighted by Crippen LogP contribution is 2.21. The fourth-order valence-corrected chi connectivity index (χ4v) is 4.67. The Hall–Kier alpha value is -2.79. The molecule has 1 aromatic carbocycles. The van der Waals surface area contributed by atoms with Crippen LogP contribution in [0, 0.1) is 12.7 Å². The number of hydrogen-bond donors (Lipinski definition) is 1. The largest absolute Gasteiger partial charge is 0.340 e. The summed E-state index contributed by atoms with van der Waals surface area (Å²) in [7, 11) is -3.26. The topological polar surface area (TPSA) is 108 Å². The Morgan fingerprint density at radius 3 is 2.60 bits per heavy atom. The third kappa shape index (κ3) is 3.58. The fourth-order valence-electron chi connectivity index (χ4n) is 3.85. The van der Waals surface area contributed by atoms with Crippen LogP contribution >= 0.6 is 0 Å². The quantitative estimate of drug-likeness (QED) is 0.648. The first-order chi connectivity index (χ1) is 14.2. The van der Waals surface area contributed by atoms with E-state index in [1.54, 1.807) is 24.0 Å². The zero-order chi connectivity index (χ0) is 21.6. The van der Waals surface area contributed by atoms with Crippen molar-refractivity contribution in [3.8, 4) is 0 Å². The molecule has 2 aromatic heterocycles. The van der Waals surface area contributed by atoms with Crippen molar-refractivity contribution in [1.82, 2.24) is 23.8 Å². The molecule has 30 heavy (non-hydrogen) atoms. The van der Waals surface area contributed by atoms with E-state index in [1.807, 2.05) is 0 Å². The molecule has 0 bridgehead atoms. The summed E-state index contributed by atoms with van der Waals surface area (Å²) in [6, 6.07) is 4.53. The number of nitrogens with one attached hydrogen (secondary N) is 1. The van der Waals surface area contributed by atoms with E-state index in [4.69, 9.17) is 0 Å². The average molecular weight is 435 g/mol. The van der Waals surface area contributed by atoms with Crippen LogP contribution in [0.3, 0.4) is 0 Å². The van der Waals surface area contributed by atoms with Gasteiger partial charge in [-0.15, -0.1) is 0 Å². The zero-order valence-corrected chi connectivity index (χ0v) is 17.5. The normalized spacial score (nSPS) is 15.9. The predicted molar refractivity (Wildman–Crippen MR) is 109 cm³/mol. The second kappa shape index (κ2) is 7.47. The molecule has 1 saturated heterocycles. The van der Waals surface area contributed by atoms with Crippen LogP contribution in [0.4, 0.5) is 4.39 Å². The van der Waals surface area contributed by atoms with Crippen molar-refractivity contribution in [2.45, 2.75) is 19.8 Å². The lowest BCUT2D eigenvalue weighted by molar-refractivity contribution is -0.132. The van der Waals surface area contributed by atoms with Gasteiger partial charge in [-0.3, -0.25) is 14.7 Å². The third-order valence-corrected chi connectivity index (χ3v) is 6.81. The molecule has 0 unspecified atom stereocenters. The van der Waals surface area contributed by atoms with Gasteiger partial charge in [-0.25, -0.2) is 22.3 Å². The van der Waals surface area contributed by atoms with Crippen molar-refractivity contribution in [3.05, 3.63) is 45.6 Å². The summed E-state index contributed by atoms with van der Waals surface area (Å²) in [5.41, 5.74) is 1.18. The molecule has 4 rings (SSSR count). The van der Waals surface area contributed by atoms with E-state index in [2.05, 4.69) is 10.1 Å². The number of benzene rings is 1. The van der Waals surface area contributed by atoms with Crippen molar-refractivity contribution in [2.75, 3.05) is 32.4 Å². The first-order valence-electron chi connectivity index (χ1n) is 9.58. The highest BCUT2D eigenvalue weighted by molar-refractivity contribution is 7.88. The van der Waals surface area contributed by atoms with Crippen molar-refractivity contribution in [1.29, 1.82) is 0 Å². The van der Waals surface area contributed by atoms with Crippen LogP contribution in [0.2, 0.25) is 0 Å². The van der Waals surface area contributed by atoms with Gasteiger partial charge >= 0.3 is 0 Å². The van der Waals surface area contributed by atoms with Crippen LogP contribution in [0.25, 0.3) is 16.6 Å². The number of carbonyl (C=O) groups is 1. The molecule has 1 aliphatic rings. The number of aromatic nitrogens is 3. The van der Waals surface area contributed by atoms with Crippen LogP contribution in [-0.2, 0) is 21.2 Å². The van der Waals surface area contributed by atoms with Crippen LogP contribution < -0.4 is 5.56 Å². The molecule has 0 saturated carbocycles. The maximum absolute atomic E-state index is 14.2. The summed E-state index contributed by atoms with van der Waals surface area (Å²) in [6.45, 7) is 2.84. The molecular formula is C19H22FN5O4S. The fraction of sp³-hybridized carbons (Fsp3) is 0.421. The van der Waals surface area contributed by atoms with E-state index >= 15 is 0 Å². The number of fused-ring (bicyclic) bond motifs is 3. The SMILES string of the molecule is Cc1nc2c3c(F)cccc3[nH]n2c(=O)c1CCC(=O)N1CCN(S(C)(=O)=O)CC1. The van der Waals surface area contributed by atoms with Crippen LogP contribution in [0.15, 0.2) is 23.0 Å². The molecule has 3 aromatic rings. The van der Waals surface area contributed by atoms with Gasteiger partial charge in [0.2, 0.25) is 15.9 Å². The van der Waals surface area contributed by atoms with E-state index in [0.717, 1.165) is 6.26 Å². The monoisotopic (exact) mass is 435 g/mol. The molecule has 0 spiro atoms. The van der Waals surface area contributed by atoms with Crippen LogP contribution in [-0.4, -0.2) is 70.6 Å². The number of aryl methyl sites for hydroxylation is 1. The minimum absolute atomic E-state index is 0.108. The number of nitrogens with zero attached hydrogens (tertiary/aromatic N) is 4. The van der Waals surface area contributed by atoms with E-state index in [1.165, 1.54) is 14.9 Å². The summed E-state index contributed by atoms with van der Waals surface area (Å²) < 4.78 is 40.0. The summed E-state index contributed by atoms with van der Waals surface area (Å²) >= 11 is 0. The van der Waals surface area contributed by atoms with E-state index in [-0.39, 0.29) is 48.4 Å². The van der Waals surface area contributed by atoms with Gasteiger partial charge in [-0.2, -0.15) is 4.31 Å². The molecule has 0 atom stereocenters. The summed E-state index contributed by atoms with van der Waals surface area (Å²) in [4.78, 5) is 31.5. The Morgan fingerprint density at radius 1 is 1.23 bits per heavy atom. The first-order valence-corrected chi connectivity index (χ1v) is 11.4. The summed E-state index contributed by atoms with van der Waals surface area (Å²) in [5.74, 6) is -0.608. The van der Waals surface area contributed by atoms with Gasteiger partial charge < -0.3 is 4.90 Å². The van der Waals surface area contributed by atoms with Gasteiger partial charge in [-0.05, 0) is 25.5 Å². The van der Waals surface area contributed by atoms with E-state index in [0.29, 0.717) is 29.9 Å². The summed E-state index contributed by atoms with van der Waals surface area (Å²) in [5, 5.41) is 3.12. The maximum atomic E-state index is 14.2. The molecule has 1 amide bonds. The van der Waals surface area contributed by atoms with Crippen molar-refractivity contribution in [2.24, 2.45) is 0 Å². The Labute approximate surface area is 172 Å². The van der Waals surface area contributed by atoms with Crippen molar-refractivity contribution in [3.63, 3.8) is 0 Å². The molecular weight excluding hydrogens is 413 g/mol. The first kappa shape index (κ1) is 20.5. The predicted octanol–water partition coefficient (Wildman–Crippen LogP) is 0.660. The van der Waals surface area contributed by atoms with Crippen LogP contribution in [0.1, 0.15) is 17.7 Å². The number of piperazine rings is 1. The number of halogens is 1. The molecule has 11 heteroatoms. The second-order valence-electron chi connectivity index (χ2n) is 7.46. The smallest absolute Gasteiger partial charge is 0.276 e. The van der Waals surface area contributed by atoms with Crippen LogP contribution in [0.5, 0.6) is 0 Å². The van der Waals surface area contributed by atoms with E-state index < -0.39 is 15.8 Å². The van der Waals surface area contributed by atoms with Crippen molar-refractivity contribution >= 4 is 32.5 Å². The number of sulfonamides is 1. The number of carbonyl (C=O) groups excluding carboxylic acids is 1. The average Bonchev–Trinajstić information content (AvgIpc) is 3.07. The Bertz CT molecular complexity index is 1310. The molecule has 1 N–H and O–H groups in total. The molecule has 3 heterocycles. The molecule has 9 nitrogen and oxygen atoms in total. The van der Waals surface area contributed by atoms with Gasteiger partial charge in [-0.1, -0.05) is 6.07 Å². The lowest BCUT2D eigenvalue weighted by Crippen LogP contribution is -2.50. The number of aromatic amines is 1. The third-order valence-electron chi connectivity index (χ3n) is 5.50. The number of amides is 1. The molecule has 1 aliphatic heterocycles. The molecule has 1 fully saturated rings. The second-order valence-corrected chi connectivity index (χ2v) is 9.44. The Morgan fingerprint density at radius 2 is 1.93 bits per heavy atom. The van der Waals surface area contributed by atoms with Gasteiger partial charge in [0.15, 0.2) is 5.65 Å². The number of H-pyrrole nitrogens is 1. The molecule has 0 aliphatic carbocycles. The lowest BCUT2D eigenvalue weighted by Gasteiger charge is -2.33.